The highest BCUT2D eigenvalue weighted by Crippen LogP contribution is 2.13. The van der Waals surface area contributed by atoms with Crippen molar-refractivity contribution < 1.29 is 9.53 Å². The van der Waals surface area contributed by atoms with E-state index in [9.17, 15) is 4.79 Å². The monoisotopic (exact) mass is 292 g/mol. The second-order valence-corrected chi connectivity index (χ2v) is 4.23. The Balaban J connectivity index is 2.35. The molecule has 0 fully saturated rings. The average Bonchev–Trinajstić information content (AvgIpc) is 2.42. The second-order valence-electron chi connectivity index (χ2n) is 4.23. The zero-order valence-corrected chi connectivity index (χ0v) is 11.7. The van der Waals surface area contributed by atoms with Gasteiger partial charge < -0.3 is 27.7 Å². The summed E-state index contributed by atoms with van der Waals surface area (Å²) in [5, 5.41) is 0. The van der Waals surface area contributed by atoms with Crippen LogP contribution in [0.5, 0.6) is 0 Å². The van der Waals surface area contributed by atoms with Gasteiger partial charge in [-0.25, -0.2) is 9.79 Å². The lowest BCUT2D eigenvalue weighted by Gasteiger charge is -2.04. The van der Waals surface area contributed by atoms with Gasteiger partial charge in [0, 0.05) is 6.54 Å². The van der Waals surface area contributed by atoms with Crippen LogP contribution in [-0.4, -0.2) is 31.0 Å². The van der Waals surface area contributed by atoms with Crippen molar-refractivity contribution in [3.05, 3.63) is 29.8 Å². The summed E-state index contributed by atoms with van der Waals surface area (Å²) in [6.07, 6.45) is 1.43. The number of unbranched alkanes of at least 4 members (excludes halogenated alkanes) is 1. The standard InChI is InChI=1S/C13H20N6O2/c14-12(15)18-7-1-2-8-21-11(20)9-3-5-10(6-4-9)19-13(16)17/h3-6H,1-2,7-8H2,(H4,14,15,18)(H4,16,17,19). The van der Waals surface area contributed by atoms with Gasteiger partial charge in [-0.15, -0.1) is 0 Å². The van der Waals surface area contributed by atoms with Gasteiger partial charge in [-0.1, -0.05) is 0 Å². The predicted octanol–water partition coefficient (Wildman–Crippen LogP) is -0.198. The maximum absolute atomic E-state index is 11.7. The van der Waals surface area contributed by atoms with Crippen LogP contribution in [0, 0.1) is 0 Å². The highest BCUT2D eigenvalue weighted by atomic mass is 16.5. The van der Waals surface area contributed by atoms with E-state index < -0.39 is 5.97 Å². The predicted molar refractivity (Wildman–Crippen MR) is 82.1 cm³/mol. The Hall–Kier alpha value is -2.77. The molecule has 1 aromatic rings. The van der Waals surface area contributed by atoms with E-state index in [0.717, 1.165) is 6.42 Å². The van der Waals surface area contributed by atoms with E-state index in [-0.39, 0.29) is 11.9 Å². The van der Waals surface area contributed by atoms with Gasteiger partial charge in [-0.2, -0.15) is 0 Å². The van der Waals surface area contributed by atoms with E-state index in [1.54, 1.807) is 24.3 Å². The maximum Gasteiger partial charge on any atom is 0.338 e. The first-order chi connectivity index (χ1) is 9.99. The highest BCUT2D eigenvalue weighted by Gasteiger charge is 2.06. The molecule has 0 aromatic heterocycles. The molecule has 8 heteroatoms. The quantitative estimate of drug-likeness (QED) is 0.236. The maximum atomic E-state index is 11.7. The Morgan fingerprint density at radius 1 is 1.00 bits per heavy atom. The van der Waals surface area contributed by atoms with Crippen molar-refractivity contribution in [2.45, 2.75) is 12.8 Å². The van der Waals surface area contributed by atoms with Crippen LogP contribution < -0.4 is 22.9 Å². The Morgan fingerprint density at radius 3 is 2.24 bits per heavy atom. The van der Waals surface area contributed by atoms with Crippen LogP contribution in [0.15, 0.2) is 34.3 Å². The number of nitrogens with zero attached hydrogens (tertiary/aromatic N) is 2. The van der Waals surface area contributed by atoms with Crippen LogP contribution >= 0.6 is 0 Å². The van der Waals surface area contributed by atoms with Crippen molar-refractivity contribution in [1.29, 1.82) is 0 Å². The number of hydrogen-bond acceptors (Lipinski definition) is 4. The highest BCUT2D eigenvalue weighted by molar-refractivity contribution is 5.90. The fourth-order valence-corrected chi connectivity index (χ4v) is 1.49. The number of hydrogen-bond donors (Lipinski definition) is 4. The molecular weight excluding hydrogens is 272 g/mol. The zero-order valence-electron chi connectivity index (χ0n) is 11.7. The summed E-state index contributed by atoms with van der Waals surface area (Å²) < 4.78 is 5.12. The number of aliphatic imine (C=N–C) groups is 2. The average molecular weight is 292 g/mol. The third kappa shape index (κ3) is 6.81. The second kappa shape index (κ2) is 8.41. The number of carbonyl (C=O) groups is 1. The molecule has 0 aliphatic rings. The zero-order chi connectivity index (χ0) is 15.7. The minimum atomic E-state index is -0.395. The first-order valence-corrected chi connectivity index (χ1v) is 6.41. The Kier molecular flexibility index (Phi) is 6.52. The molecule has 0 radical (unpaired) electrons. The molecule has 0 aliphatic carbocycles. The fraction of sp³-hybridized carbons (Fsp3) is 0.308. The van der Waals surface area contributed by atoms with Gasteiger partial charge >= 0.3 is 5.97 Å². The summed E-state index contributed by atoms with van der Waals surface area (Å²) in [6, 6.07) is 6.47. The topological polar surface area (TPSA) is 155 Å². The molecule has 0 amide bonds. The Labute approximate surface area is 122 Å². The lowest BCUT2D eigenvalue weighted by molar-refractivity contribution is 0.0499. The van der Waals surface area contributed by atoms with Gasteiger partial charge in [0.15, 0.2) is 11.9 Å². The molecule has 114 valence electrons. The molecule has 1 aromatic carbocycles. The van der Waals surface area contributed by atoms with E-state index in [2.05, 4.69) is 9.98 Å². The van der Waals surface area contributed by atoms with Crippen LogP contribution in [0.3, 0.4) is 0 Å². The molecule has 0 atom stereocenters. The molecule has 0 bridgehead atoms. The Morgan fingerprint density at radius 2 is 1.67 bits per heavy atom. The summed E-state index contributed by atoms with van der Waals surface area (Å²) in [7, 11) is 0. The van der Waals surface area contributed by atoms with Gasteiger partial charge in [0.25, 0.3) is 0 Å². The summed E-state index contributed by atoms with van der Waals surface area (Å²) in [5.41, 5.74) is 21.9. The molecule has 0 saturated carbocycles. The van der Waals surface area contributed by atoms with E-state index >= 15 is 0 Å². The van der Waals surface area contributed by atoms with E-state index in [4.69, 9.17) is 27.7 Å². The molecule has 0 spiro atoms. The van der Waals surface area contributed by atoms with Crippen molar-refractivity contribution in [2.75, 3.05) is 13.2 Å². The smallest absolute Gasteiger partial charge is 0.338 e. The lowest BCUT2D eigenvalue weighted by atomic mass is 10.2. The van der Waals surface area contributed by atoms with Crippen molar-refractivity contribution >= 4 is 23.6 Å². The van der Waals surface area contributed by atoms with Crippen molar-refractivity contribution in [2.24, 2.45) is 32.9 Å². The molecule has 0 aliphatic heterocycles. The van der Waals surface area contributed by atoms with Crippen molar-refractivity contribution in [3.63, 3.8) is 0 Å². The normalized spacial score (nSPS) is 9.71. The van der Waals surface area contributed by atoms with Gasteiger partial charge in [0.1, 0.15) is 0 Å². The molecule has 0 saturated heterocycles. The van der Waals surface area contributed by atoms with Crippen molar-refractivity contribution in [3.8, 4) is 0 Å². The number of esters is 1. The number of carbonyl (C=O) groups excluding carboxylic acids is 1. The number of ether oxygens (including phenoxy) is 1. The molecular formula is C13H20N6O2. The van der Waals surface area contributed by atoms with Gasteiger partial charge in [0.05, 0.1) is 17.9 Å². The minimum Gasteiger partial charge on any atom is -0.462 e. The minimum absolute atomic E-state index is 0.0360. The molecule has 0 unspecified atom stereocenters. The molecule has 21 heavy (non-hydrogen) atoms. The fourth-order valence-electron chi connectivity index (χ4n) is 1.49. The van der Waals surface area contributed by atoms with Crippen LogP contribution in [0.25, 0.3) is 0 Å². The molecule has 1 rings (SSSR count). The third-order valence-corrected chi connectivity index (χ3v) is 2.44. The molecule has 8 nitrogen and oxygen atoms in total. The van der Waals surface area contributed by atoms with Crippen LogP contribution in [0.2, 0.25) is 0 Å². The largest absolute Gasteiger partial charge is 0.462 e. The van der Waals surface area contributed by atoms with Crippen LogP contribution in [-0.2, 0) is 4.74 Å². The molecule has 0 heterocycles. The van der Waals surface area contributed by atoms with E-state index in [1.165, 1.54) is 0 Å². The third-order valence-electron chi connectivity index (χ3n) is 2.44. The summed E-state index contributed by atoms with van der Waals surface area (Å²) >= 11 is 0. The van der Waals surface area contributed by atoms with Crippen LogP contribution in [0.4, 0.5) is 5.69 Å². The number of nitrogens with two attached hydrogens (primary N) is 4. The summed E-state index contributed by atoms with van der Waals surface area (Å²) in [5.74, 6) is -0.368. The number of rotatable bonds is 7. The molecule has 8 N–H and O–H groups in total. The first kappa shape index (κ1) is 16.3. The number of guanidine groups is 2. The van der Waals surface area contributed by atoms with E-state index in [1.807, 2.05) is 0 Å². The first-order valence-electron chi connectivity index (χ1n) is 6.41. The van der Waals surface area contributed by atoms with Gasteiger partial charge in [-0.3, -0.25) is 4.99 Å². The SMILES string of the molecule is NC(N)=NCCCCOC(=O)c1ccc(N=C(N)N)cc1. The Bertz CT molecular complexity index is 516. The number of benzene rings is 1. The van der Waals surface area contributed by atoms with Crippen LogP contribution in [0.1, 0.15) is 23.2 Å². The lowest BCUT2D eigenvalue weighted by Crippen LogP contribution is -2.23. The van der Waals surface area contributed by atoms with Crippen molar-refractivity contribution in [1.82, 2.24) is 0 Å². The van der Waals surface area contributed by atoms with Gasteiger partial charge in [-0.05, 0) is 37.1 Å². The van der Waals surface area contributed by atoms with Gasteiger partial charge in [0.2, 0.25) is 0 Å². The summed E-state index contributed by atoms with van der Waals surface area (Å²) in [4.78, 5) is 19.4. The summed E-state index contributed by atoms with van der Waals surface area (Å²) in [6.45, 7) is 0.835. The van der Waals surface area contributed by atoms with E-state index in [0.29, 0.717) is 30.8 Å².